The number of aromatic nitrogens is 1. The first-order valence-electron chi connectivity index (χ1n) is 11.1. The maximum Gasteiger partial charge on any atom is 0.206 e. The molecule has 1 aliphatic rings. The highest BCUT2D eigenvalue weighted by Gasteiger charge is 2.16. The van der Waals surface area contributed by atoms with Gasteiger partial charge in [-0.25, -0.2) is 4.68 Å². The molecule has 4 rings (SSSR count). The van der Waals surface area contributed by atoms with Gasteiger partial charge in [-0.2, -0.15) is 5.10 Å². The van der Waals surface area contributed by atoms with Crippen LogP contribution in [0.5, 0.6) is 0 Å². The lowest BCUT2D eigenvalue weighted by Crippen LogP contribution is -2.17. The minimum atomic E-state index is 0.230. The van der Waals surface area contributed by atoms with Gasteiger partial charge in [-0.1, -0.05) is 37.3 Å². The topological polar surface area (TPSA) is 38.9 Å². The molecule has 5 heteroatoms. The number of rotatable bonds is 6. The van der Waals surface area contributed by atoms with E-state index in [2.05, 4.69) is 69.5 Å². The molecule has 1 atom stereocenters. The largest absolute Gasteiger partial charge is 0.376 e. The van der Waals surface area contributed by atoms with Gasteiger partial charge in [0, 0.05) is 17.6 Å². The van der Waals surface area contributed by atoms with E-state index in [1.165, 1.54) is 27.8 Å². The summed E-state index contributed by atoms with van der Waals surface area (Å²) in [6.45, 7) is 10.2. The molecule has 1 fully saturated rings. The average Bonchev–Trinajstić information content (AvgIpc) is 3.43. The van der Waals surface area contributed by atoms with Crippen molar-refractivity contribution in [3.63, 3.8) is 0 Å². The fourth-order valence-electron chi connectivity index (χ4n) is 3.87. The Hall–Kier alpha value is -2.50. The zero-order valence-corrected chi connectivity index (χ0v) is 19.7. The van der Waals surface area contributed by atoms with Gasteiger partial charge in [0.15, 0.2) is 0 Å². The zero-order chi connectivity index (χ0) is 21.8. The van der Waals surface area contributed by atoms with E-state index in [1.807, 2.05) is 10.9 Å². The van der Waals surface area contributed by atoms with E-state index in [0.29, 0.717) is 6.54 Å². The minimum Gasteiger partial charge on any atom is -0.376 e. The van der Waals surface area contributed by atoms with Gasteiger partial charge in [-0.05, 0) is 73.9 Å². The molecule has 0 spiro atoms. The first-order chi connectivity index (χ1) is 15.0. The van der Waals surface area contributed by atoms with E-state index < -0.39 is 0 Å². The predicted octanol–water partition coefficient (Wildman–Crippen LogP) is 5.67. The summed E-state index contributed by atoms with van der Waals surface area (Å²) in [5.74, 6) is 0. The molecule has 3 aromatic rings. The molecule has 1 saturated heterocycles. The Morgan fingerprint density at radius 3 is 2.58 bits per heavy atom. The molecule has 2 heterocycles. The fraction of sp³-hybridized carbons (Fsp3) is 0.385. The van der Waals surface area contributed by atoms with Crippen molar-refractivity contribution in [2.45, 2.75) is 53.1 Å². The Labute approximate surface area is 188 Å². The van der Waals surface area contributed by atoms with Crippen molar-refractivity contribution in [1.29, 1.82) is 0 Å². The van der Waals surface area contributed by atoms with Crippen molar-refractivity contribution in [2.24, 2.45) is 10.1 Å². The molecule has 31 heavy (non-hydrogen) atoms. The van der Waals surface area contributed by atoms with Crippen LogP contribution in [0.25, 0.3) is 11.3 Å². The quantitative estimate of drug-likeness (QED) is 0.462. The van der Waals surface area contributed by atoms with Gasteiger partial charge < -0.3 is 4.74 Å². The Morgan fingerprint density at radius 1 is 1.10 bits per heavy atom. The molecule has 0 N–H and O–H groups in total. The summed E-state index contributed by atoms with van der Waals surface area (Å²) in [7, 11) is 0. The van der Waals surface area contributed by atoms with Crippen LogP contribution >= 0.6 is 11.3 Å². The van der Waals surface area contributed by atoms with Crippen LogP contribution in [0, 0.1) is 20.8 Å². The van der Waals surface area contributed by atoms with Gasteiger partial charge in [0.2, 0.25) is 4.80 Å². The lowest BCUT2D eigenvalue weighted by molar-refractivity contribution is 0.117. The maximum atomic E-state index is 5.77. The lowest BCUT2D eigenvalue weighted by atomic mass is 9.99. The Kier molecular flexibility index (Phi) is 6.83. The molecule has 4 nitrogen and oxygen atoms in total. The predicted molar refractivity (Wildman–Crippen MR) is 130 cm³/mol. The Balaban J connectivity index is 1.75. The van der Waals surface area contributed by atoms with E-state index >= 15 is 0 Å². The molecule has 0 radical (unpaired) electrons. The van der Waals surface area contributed by atoms with Crippen LogP contribution in [0.2, 0.25) is 0 Å². The van der Waals surface area contributed by atoms with E-state index in [1.54, 1.807) is 11.3 Å². The average molecular weight is 434 g/mol. The van der Waals surface area contributed by atoms with Crippen molar-refractivity contribution < 1.29 is 4.74 Å². The second kappa shape index (κ2) is 9.75. The fourth-order valence-corrected chi connectivity index (χ4v) is 4.71. The molecular weight excluding hydrogens is 402 g/mol. The number of thiazole rings is 1. The van der Waals surface area contributed by atoms with Crippen molar-refractivity contribution in [1.82, 2.24) is 4.68 Å². The summed E-state index contributed by atoms with van der Waals surface area (Å²) in [5, 5.41) is 7.04. The highest BCUT2D eigenvalue weighted by atomic mass is 32.1. The van der Waals surface area contributed by atoms with Gasteiger partial charge in [0.25, 0.3) is 0 Å². The third-order valence-corrected chi connectivity index (χ3v) is 6.82. The normalized spacial score (nSPS) is 17.2. The molecule has 0 aliphatic carbocycles. The van der Waals surface area contributed by atoms with Crippen molar-refractivity contribution >= 4 is 17.6 Å². The van der Waals surface area contributed by atoms with Crippen LogP contribution in [-0.2, 0) is 11.2 Å². The second-order valence-corrected chi connectivity index (χ2v) is 9.12. The van der Waals surface area contributed by atoms with Crippen molar-refractivity contribution in [3.8, 4) is 11.3 Å². The van der Waals surface area contributed by atoms with Crippen molar-refractivity contribution in [3.05, 3.63) is 74.4 Å². The molecule has 0 amide bonds. The highest BCUT2D eigenvalue weighted by molar-refractivity contribution is 7.07. The maximum absolute atomic E-state index is 5.77. The SMILES string of the molecule is CCc1ccc(C=Nn2c(-c3cc(C)c(C)cc3C)csc2=NCC2CCCO2)cc1. The van der Waals surface area contributed by atoms with Crippen molar-refractivity contribution in [2.75, 3.05) is 13.2 Å². The summed E-state index contributed by atoms with van der Waals surface area (Å²) >= 11 is 1.64. The Bertz CT molecular complexity index is 1130. The molecule has 1 unspecified atom stereocenters. The molecular formula is C26H31N3OS. The minimum absolute atomic E-state index is 0.230. The molecule has 0 bridgehead atoms. The summed E-state index contributed by atoms with van der Waals surface area (Å²) in [6.07, 6.45) is 5.42. The summed E-state index contributed by atoms with van der Waals surface area (Å²) in [4.78, 5) is 5.79. The first kappa shape index (κ1) is 21.7. The zero-order valence-electron chi connectivity index (χ0n) is 18.9. The van der Waals surface area contributed by atoms with Crippen LogP contribution in [0.4, 0.5) is 0 Å². The summed E-state index contributed by atoms with van der Waals surface area (Å²) in [6, 6.07) is 13.1. The van der Waals surface area contributed by atoms with Gasteiger partial charge in [0.1, 0.15) is 0 Å². The van der Waals surface area contributed by atoms with Gasteiger partial charge >= 0.3 is 0 Å². The van der Waals surface area contributed by atoms with Crippen LogP contribution in [0.1, 0.15) is 47.6 Å². The number of nitrogens with zero attached hydrogens (tertiary/aromatic N) is 3. The van der Waals surface area contributed by atoms with Crippen LogP contribution < -0.4 is 4.80 Å². The number of hydrogen-bond donors (Lipinski definition) is 0. The number of aryl methyl sites for hydroxylation is 4. The number of benzene rings is 2. The van der Waals surface area contributed by atoms with Crippen LogP contribution in [-0.4, -0.2) is 30.1 Å². The number of ether oxygens (including phenoxy) is 1. The summed E-state index contributed by atoms with van der Waals surface area (Å²) in [5.41, 5.74) is 8.56. The van der Waals surface area contributed by atoms with E-state index in [9.17, 15) is 0 Å². The van der Waals surface area contributed by atoms with Crippen LogP contribution in [0.15, 0.2) is 51.9 Å². The third-order valence-electron chi connectivity index (χ3n) is 5.97. The third kappa shape index (κ3) is 5.05. The standard InChI is InChI=1S/C26H31N3OS/c1-5-21-8-10-22(11-9-21)15-28-29-25(24-14-19(3)18(2)13-20(24)4)17-31-26(29)27-16-23-7-6-12-30-23/h8-11,13-15,17,23H,5-7,12,16H2,1-4H3. The van der Waals surface area contributed by atoms with Gasteiger partial charge in [-0.3, -0.25) is 4.99 Å². The molecule has 162 valence electrons. The second-order valence-electron chi connectivity index (χ2n) is 8.28. The Morgan fingerprint density at radius 2 is 1.87 bits per heavy atom. The van der Waals surface area contributed by atoms with E-state index in [0.717, 1.165) is 41.9 Å². The van der Waals surface area contributed by atoms with E-state index in [-0.39, 0.29) is 6.10 Å². The smallest absolute Gasteiger partial charge is 0.206 e. The molecule has 1 aliphatic heterocycles. The summed E-state index contributed by atoms with van der Waals surface area (Å²) < 4.78 is 7.76. The molecule has 0 saturated carbocycles. The van der Waals surface area contributed by atoms with Gasteiger partial charge in [0.05, 0.1) is 24.6 Å². The van der Waals surface area contributed by atoms with E-state index in [4.69, 9.17) is 14.8 Å². The van der Waals surface area contributed by atoms with Crippen LogP contribution in [0.3, 0.4) is 0 Å². The molecule has 1 aromatic heterocycles. The highest BCUT2D eigenvalue weighted by Crippen LogP contribution is 2.27. The number of hydrogen-bond acceptors (Lipinski definition) is 4. The van der Waals surface area contributed by atoms with Gasteiger partial charge in [-0.15, -0.1) is 11.3 Å². The first-order valence-corrected chi connectivity index (χ1v) is 12.0. The molecule has 2 aromatic carbocycles. The monoisotopic (exact) mass is 433 g/mol. The lowest BCUT2D eigenvalue weighted by Gasteiger charge is -2.11.